The first kappa shape index (κ1) is 11.5. The van der Waals surface area contributed by atoms with E-state index < -0.39 is 0 Å². The minimum absolute atomic E-state index is 0.252. The van der Waals surface area contributed by atoms with E-state index in [4.69, 9.17) is 0 Å². The van der Waals surface area contributed by atoms with Crippen LogP contribution >= 0.6 is 0 Å². The fourth-order valence-corrected chi connectivity index (χ4v) is 2.09. The maximum absolute atomic E-state index is 10.0. The van der Waals surface area contributed by atoms with Crippen LogP contribution in [0.3, 0.4) is 0 Å². The highest BCUT2D eigenvalue weighted by molar-refractivity contribution is 5.75. The molecule has 2 heteroatoms. The molecule has 0 aliphatic carbocycles. The topological polar surface area (TPSA) is 40.5 Å². The number of aryl methyl sites for hydroxylation is 3. The van der Waals surface area contributed by atoms with Crippen LogP contribution in [0.25, 0.3) is 11.1 Å². The molecule has 88 valence electrons. The quantitative estimate of drug-likeness (QED) is 0.781. The van der Waals surface area contributed by atoms with Gasteiger partial charge in [-0.05, 0) is 55.2 Å². The Hall–Kier alpha value is -1.96. The van der Waals surface area contributed by atoms with Gasteiger partial charge in [-0.25, -0.2) is 0 Å². The van der Waals surface area contributed by atoms with E-state index in [1.807, 2.05) is 39.0 Å². The average Bonchev–Trinajstić information content (AvgIpc) is 2.21. The zero-order valence-electron chi connectivity index (χ0n) is 10.3. The lowest BCUT2D eigenvalue weighted by Gasteiger charge is -2.11. The summed E-state index contributed by atoms with van der Waals surface area (Å²) in [7, 11) is 0. The molecule has 2 aromatic carbocycles. The Labute approximate surface area is 101 Å². The van der Waals surface area contributed by atoms with E-state index >= 15 is 0 Å². The Kier molecular flexibility index (Phi) is 2.80. The summed E-state index contributed by atoms with van der Waals surface area (Å²) in [6.07, 6.45) is 0. The number of hydrogen-bond donors (Lipinski definition) is 2. The number of benzene rings is 2. The van der Waals surface area contributed by atoms with Crippen molar-refractivity contribution in [1.29, 1.82) is 0 Å². The molecule has 2 aromatic rings. The first-order valence-electron chi connectivity index (χ1n) is 5.59. The zero-order chi connectivity index (χ0) is 12.6. The van der Waals surface area contributed by atoms with Gasteiger partial charge in [-0.3, -0.25) is 0 Å². The van der Waals surface area contributed by atoms with Gasteiger partial charge in [-0.2, -0.15) is 0 Å². The van der Waals surface area contributed by atoms with Gasteiger partial charge in [0, 0.05) is 5.56 Å². The smallest absolute Gasteiger partial charge is 0.123 e. The van der Waals surface area contributed by atoms with Gasteiger partial charge in [0.1, 0.15) is 11.5 Å². The third-order valence-electron chi connectivity index (χ3n) is 2.96. The van der Waals surface area contributed by atoms with E-state index in [-0.39, 0.29) is 11.5 Å². The number of hydrogen-bond acceptors (Lipinski definition) is 2. The number of phenolic OH excluding ortho intramolecular Hbond substituents is 2. The SMILES string of the molecule is Cc1cc(C)c(-c2ccc(C)c(O)c2)c(O)c1. The van der Waals surface area contributed by atoms with Crippen LogP contribution in [0.15, 0.2) is 30.3 Å². The lowest BCUT2D eigenvalue weighted by atomic mass is 9.96. The van der Waals surface area contributed by atoms with Gasteiger partial charge >= 0.3 is 0 Å². The molecule has 0 fully saturated rings. The van der Waals surface area contributed by atoms with Crippen molar-refractivity contribution in [1.82, 2.24) is 0 Å². The number of rotatable bonds is 1. The predicted octanol–water partition coefficient (Wildman–Crippen LogP) is 3.69. The molecular formula is C15H16O2. The van der Waals surface area contributed by atoms with Gasteiger partial charge in [-0.15, -0.1) is 0 Å². The van der Waals surface area contributed by atoms with E-state index in [9.17, 15) is 10.2 Å². The maximum Gasteiger partial charge on any atom is 0.123 e. The Bertz CT molecular complexity index is 548. The van der Waals surface area contributed by atoms with Crippen molar-refractivity contribution in [2.24, 2.45) is 0 Å². The minimum Gasteiger partial charge on any atom is -0.508 e. The second-order valence-corrected chi connectivity index (χ2v) is 4.48. The molecule has 0 unspecified atom stereocenters. The van der Waals surface area contributed by atoms with E-state index in [0.29, 0.717) is 0 Å². The summed E-state index contributed by atoms with van der Waals surface area (Å²) >= 11 is 0. The van der Waals surface area contributed by atoms with Gasteiger partial charge in [0.15, 0.2) is 0 Å². The summed E-state index contributed by atoms with van der Waals surface area (Å²) in [6, 6.07) is 9.20. The normalized spacial score (nSPS) is 10.5. The molecule has 2 rings (SSSR count). The second kappa shape index (κ2) is 4.13. The molecule has 0 aliphatic heterocycles. The molecule has 0 bridgehead atoms. The summed E-state index contributed by atoms with van der Waals surface area (Å²) in [5, 5.41) is 19.7. The summed E-state index contributed by atoms with van der Waals surface area (Å²) in [4.78, 5) is 0. The van der Waals surface area contributed by atoms with Crippen LogP contribution in [0.5, 0.6) is 11.5 Å². The molecule has 0 aromatic heterocycles. The van der Waals surface area contributed by atoms with Crippen LogP contribution in [0.2, 0.25) is 0 Å². The standard InChI is InChI=1S/C15H16O2/c1-9-6-11(3)15(14(17)7-9)12-5-4-10(2)13(16)8-12/h4-8,16-17H,1-3H3. The Morgan fingerprint density at radius 3 is 2.06 bits per heavy atom. The molecule has 0 spiro atoms. The molecule has 0 amide bonds. The molecule has 0 saturated carbocycles. The Morgan fingerprint density at radius 2 is 1.47 bits per heavy atom. The summed E-state index contributed by atoms with van der Waals surface area (Å²) in [5.41, 5.74) is 4.48. The lowest BCUT2D eigenvalue weighted by Crippen LogP contribution is -1.87. The van der Waals surface area contributed by atoms with Crippen LogP contribution in [-0.2, 0) is 0 Å². The van der Waals surface area contributed by atoms with Gasteiger partial charge in [0.05, 0.1) is 0 Å². The van der Waals surface area contributed by atoms with Crippen molar-refractivity contribution >= 4 is 0 Å². The summed E-state index contributed by atoms with van der Waals surface area (Å²) in [6.45, 7) is 5.75. The highest BCUT2D eigenvalue weighted by atomic mass is 16.3. The van der Waals surface area contributed by atoms with Gasteiger partial charge in [0.25, 0.3) is 0 Å². The number of phenols is 2. The first-order chi connectivity index (χ1) is 7.99. The highest BCUT2D eigenvalue weighted by Gasteiger charge is 2.10. The fourth-order valence-electron chi connectivity index (χ4n) is 2.09. The van der Waals surface area contributed by atoms with Gasteiger partial charge in [-0.1, -0.05) is 18.2 Å². The second-order valence-electron chi connectivity index (χ2n) is 4.48. The predicted molar refractivity (Wildman–Crippen MR) is 69.4 cm³/mol. The molecule has 0 aliphatic rings. The van der Waals surface area contributed by atoms with E-state index in [0.717, 1.165) is 27.8 Å². The first-order valence-corrected chi connectivity index (χ1v) is 5.59. The molecule has 2 nitrogen and oxygen atoms in total. The van der Waals surface area contributed by atoms with E-state index in [1.54, 1.807) is 12.1 Å². The largest absolute Gasteiger partial charge is 0.508 e. The van der Waals surface area contributed by atoms with Crippen LogP contribution in [-0.4, -0.2) is 10.2 Å². The Balaban J connectivity index is 2.64. The number of aromatic hydroxyl groups is 2. The van der Waals surface area contributed by atoms with Crippen molar-refractivity contribution < 1.29 is 10.2 Å². The molecular weight excluding hydrogens is 212 g/mol. The monoisotopic (exact) mass is 228 g/mol. The third kappa shape index (κ3) is 2.11. The molecule has 0 radical (unpaired) electrons. The van der Waals surface area contributed by atoms with Crippen LogP contribution in [0.4, 0.5) is 0 Å². The summed E-state index contributed by atoms with van der Waals surface area (Å²) in [5.74, 6) is 0.507. The molecule has 0 heterocycles. The van der Waals surface area contributed by atoms with Crippen LogP contribution in [0.1, 0.15) is 16.7 Å². The third-order valence-corrected chi connectivity index (χ3v) is 2.96. The van der Waals surface area contributed by atoms with Crippen molar-refractivity contribution in [3.63, 3.8) is 0 Å². The summed E-state index contributed by atoms with van der Waals surface area (Å²) < 4.78 is 0. The van der Waals surface area contributed by atoms with Crippen molar-refractivity contribution in [2.45, 2.75) is 20.8 Å². The van der Waals surface area contributed by atoms with Crippen molar-refractivity contribution in [2.75, 3.05) is 0 Å². The van der Waals surface area contributed by atoms with E-state index in [2.05, 4.69) is 0 Å². The fraction of sp³-hybridized carbons (Fsp3) is 0.200. The van der Waals surface area contributed by atoms with Gasteiger partial charge in [0.2, 0.25) is 0 Å². The minimum atomic E-state index is 0.252. The van der Waals surface area contributed by atoms with Crippen LogP contribution in [0, 0.1) is 20.8 Å². The maximum atomic E-state index is 10.0. The van der Waals surface area contributed by atoms with Crippen molar-refractivity contribution in [3.05, 3.63) is 47.0 Å². The van der Waals surface area contributed by atoms with E-state index in [1.165, 1.54) is 0 Å². The lowest BCUT2D eigenvalue weighted by molar-refractivity contribution is 0.470. The van der Waals surface area contributed by atoms with Crippen molar-refractivity contribution in [3.8, 4) is 22.6 Å². The highest BCUT2D eigenvalue weighted by Crippen LogP contribution is 2.35. The Morgan fingerprint density at radius 1 is 0.765 bits per heavy atom. The van der Waals surface area contributed by atoms with Gasteiger partial charge < -0.3 is 10.2 Å². The molecule has 0 saturated heterocycles. The van der Waals surface area contributed by atoms with Crippen LogP contribution < -0.4 is 0 Å². The average molecular weight is 228 g/mol. The zero-order valence-corrected chi connectivity index (χ0v) is 10.3. The molecule has 0 atom stereocenters. The molecule has 17 heavy (non-hydrogen) atoms. The molecule has 2 N–H and O–H groups in total.